The van der Waals surface area contributed by atoms with Crippen LogP contribution in [-0.4, -0.2) is 270 Å². The van der Waals surface area contributed by atoms with E-state index in [2.05, 4.69) is 41.5 Å². The second kappa shape index (κ2) is 65.5. The van der Waals surface area contributed by atoms with Crippen LogP contribution in [0.3, 0.4) is 0 Å². The second-order valence-corrected chi connectivity index (χ2v) is 33.4. The number of unbranched alkanes of at least 4 members (excludes halogenated alkanes) is 18. The summed E-state index contributed by atoms with van der Waals surface area (Å²) in [7, 11) is 0. The first-order chi connectivity index (χ1) is 59.6. The molecule has 0 aliphatic carbocycles. The molecular formula is C98H157N13O12. The molecule has 0 saturated carbocycles. The van der Waals surface area contributed by atoms with E-state index in [1.807, 2.05) is 121 Å². The molecule has 4 aromatic rings. The Morgan fingerprint density at radius 3 is 0.772 bits per heavy atom. The standard InChI is InChI=1S/C98H157N13O12/c1-7-13-17-19-21-23-25-41-61-102(80-98(123)111(71-83(12-6)45-16-10-4)81-96(121)103(62-42-26-24-22-20-18-14-8-2)79-97(122)110(72-88(101)113)70-82(11-5)44-15-9-3)90(115)73-104(63-55-84-46-32-27-33-47-84)91(116)75-106(65-57-86-50-36-29-37-51-86)94(119)78-109(68-60-100)95(120)76-107(66-58-87-52-38-30-39-53-87)92(117)74-105(64-56-85-48-34-28-35-49-85)93(118)77-108(67-59-99)89(114)54-40-31-43-69-112/h27-30,32-39,46-53,82-83,112H,7-26,31,40-45,54-81,99-100H2,1-6H3,(H2,101,113). The van der Waals surface area contributed by atoms with Crippen molar-refractivity contribution in [2.24, 2.45) is 29.0 Å². The van der Waals surface area contributed by atoms with Crippen LogP contribution >= 0.6 is 0 Å². The van der Waals surface area contributed by atoms with E-state index in [1.165, 1.54) is 45.6 Å². The molecule has 0 heterocycles. The van der Waals surface area contributed by atoms with E-state index in [0.29, 0.717) is 70.8 Å². The van der Waals surface area contributed by atoms with Gasteiger partial charge in [0, 0.05) is 91.6 Å². The average Bonchev–Trinajstić information content (AvgIpc) is 0.854. The summed E-state index contributed by atoms with van der Waals surface area (Å²) in [4.78, 5) is 178. The molecule has 2 atom stereocenters. The first-order valence-corrected chi connectivity index (χ1v) is 46.9. The van der Waals surface area contributed by atoms with E-state index >= 15 is 33.6 Å². The molecule has 25 nitrogen and oxygen atoms in total. The van der Waals surface area contributed by atoms with Gasteiger partial charge in [0.2, 0.25) is 65.0 Å². The van der Waals surface area contributed by atoms with E-state index in [9.17, 15) is 24.3 Å². The molecule has 0 spiro atoms. The van der Waals surface area contributed by atoms with Crippen molar-refractivity contribution in [1.29, 1.82) is 0 Å². The third-order valence-electron chi connectivity index (χ3n) is 23.3. The highest BCUT2D eigenvalue weighted by Crippen LogP contribution is 2.21. The number of carbonyl (C=O) groups excluding carboxylic acids is 11. The maximum absolute atomic E-state index is 15.7. The first-order valence-electron chi connectivity index (χ1n) is 46.9. The van der Waals surface area contributed by atoms with Gasteiger partial charge < -0.3 is 71.3 Å². The lowest BCUT2D eigenvalue weighted by Crippen LogP contribution is -2.54. The molecule has 0 aliphatic rings. The summed E-state index contributed by atoms with van der Waals surface area (Å²) in [5.74, 6) is -5.37. The van der Waals surface area contributed by atoms with Crippen LogP contribution in [0.25, 0.3) is 0 Å². The van der Waals surface area contributed by atoms with Crippen LogP contribution in [0, 0.1) is 11.8 Å². The van der Waals surface area contributed by atoms with E-state index in [-0.39, 0.29) is 135 Å². The van der Waals surface area contributed by atoms with E-state index in [4.69, 9.17) is 17.2 Å². The van der Waals surface area contributed by atoms with Gasteiger partial charge in [-0.1, -0.05) is 298 Å². The molecule has 686 valence electrons. The molecule has 123 heavy (non-hydrogen) atoms. The Morgan fingerprint density at radius 1 is 0.268 bits per heavy atom. The zero-order valence-corrected chi connectivity index (χ0v) is 76.2. The number of aliphatic hydroxyl groups excluding tert-OH is 1. The normalized spacial score (nSPS) is 11.6. The Balaban J connectivity index is 1.79. The number of nitrogens with zero attached hydrogens (tertiary/aromatic N) is 10. The summed E-state index contributed by atoms with van der Waals surface area (Å²) < 4.78 is 0. The number of primary amides is 1. The SMILES string of the molecule is CCCCCCCCCCN(CC(=O)N(CC(=O)N(CCCCCCCCCC)CC(=O)N(CC(N)=O)CC(CC)CCCC)CC(CC)CCCC)C(=O)CN(CCc1ccccc1)C(=O)CN(CCc1ccccc1)C(=O)CN(CCN)C(=O)CN(CCc1ccccc1)C(=O)CN(CCc1ccccc1)C(=O)CN(CCN)C(=O)CCCCCO. The molecule has 0 aromatic heterocycles. The van der Waals surface area contributed by atoms with Gasteiger partial charge in [-0.15, -0.1) is 0 Å². The second-order valence-electron chi connectivity index (χ2n) is 33.4. The molecule has 0 bridgehead atoms. The zero-order valence-electron chi connectivity index (χ0n) is 76.2. The molecule has 4 aromatic carbocycles. The maximum Gasteiger partial charge on any atom is 0.242 e. The van der Waals surface area contributed by atoms with Crippen LogP contribution < -0.4 is 17.2 Å². The summed E-state index contributed by atoms with van der Waals surface area (Å²) in [6.07, 6.45) is 25.8. The van der Waals surface area contributed by atoms with E-state index in [1.54, 1.807) is 9.80 Å². The van der Waals surface area contributed by atoms with Crippen LogP contribution in [0.5, 0.6) is 0 Å². The van der Waals surface area contributed by atoms with E-state index in [0.717, 1.165) is 151 Å². The molecule has 25 heteroatoms. The highest BCUT2D eigenvalue weighted by molar-refractivity contribution is 5.94. The molecule has 0 saturated heterocycles. The Morgan fingerprint density at radius 2 is 0.504 bits per heavy atom. The summed E-state index contributed by atoms with van der Waals surface area (Å²) >= 11 is 0. The van der Waals surface area contributed by atoms with Crippen molar-refractivity contribution in [3.8, 4) is 0 Å². The van der Waals surface area contributed by atoms with Crippen molar-refractivity contribution in [3.63, 3.8) is 0 Å². The summed E-state index contributed by atoms with van der Waals surface area (Å²) in [5, 5.41) is 9.37. The highest BCUT2D eigenvalue weighted by Gasteiger charge is 2.34. The largest absolute Gasteiger partial charge is 0.396 e. The molecule has 4 rings (SSSR count). The van der Waals surface area contributed by atoms with Crippen LogP contribution in [0.2, 0.25) is 0 Å². The number of carbonyl (C=O) groups is 11. The summed E-state index contributed by atoms with van der Waals surface area (Å²) in [5.41, 5.74) is 21.7. The van der Waals surface area contributed by atoms with Gasteiger partial charge in [0.05, 0.1) is 65.4 Å². The number of amides is 11. The lowest BCUT2D eigenvalue weighted by atomic mass is 9.98. The van der Waals surface area contributed by atoms with Crippen LogP contribution in [0.4, 0.5) is 0 Å². The van der Waals surface area contributed by atoms with E-state index < -0.39 is 92.4 Å². The highest BCUT2D eigenvalue weighted by atomic mass is 16.3. The first kappa shape index (κ1) is 106. The molecular weight excluding hydrogens is 1550 g/mol. The van der Waals surface area contributed by atoms with Crippen molar-refractivity contribution in [2.45, 2.75) is 247 Å². The Kier molecular flexibility index (Phi) is 56.6. The Bertz CT molecular complexity index is 3600. The van der Waals surface area contributed by atoms with Crippen molar-refractivity contribution >= 4 is 65.0 Å². The van der Waals surface area contributed by atoms with Gasteiger partial charge >= 0.3 is 0 Å². The van der Waals surface area contributed by atoms with Crippen molar-refractivity contribution < 1.29 is 57.8 Å². The topological polar surface area (TPSA) is 318 Å². The predicted molar refractivity (Wildman–Crippen MR) is 491 cm³/mol. The smallest absolute Gasteiger partial charge is 0.242 e. The fourth-order valence-corrected chi connectivity index (χ4v) is 15.4. The molecule has 0 fully saturated rings. The Labute approximate surface area is 738 Å². The van der Waals surface area contributed by atoms with Gasteiger partial charge in [0.15, 0.2) is 0 Å². The van der Waals surface area contributed by atoms with Crippen molar-refractivity contribution in [3.05, 3.63) is 144 Å². The summed E-state index contributed by atoms with van der Waals surface area (Å²) in [6.45, 7) is 9.78. The minimum atomic E-state index is -0.646. The third-order valence-corrected chi connectivity index (χ3v) is 23.3. The lowest BCUT2D eigenvalue weighted by molar-refractivity contribution is -0.149. The number of nitrogens with two attached hydrogens (primary N) is 3. The van der Waals surface area contributed by atoms with Crippen LogP contribution in [0.15, 0.2) is 121 Å². The lowest BCUT2D eigenvalue weighted by Gasteiger charge is -2.34. The number of hydrogen-bond acceptors (Lipinski definition) is 14. The molecule has 2 unspecified atom stereocenters. The molecule has 0 aliphatic heterocycles. The monoisotopic (exact) mass is 1710 g/mol. The Hall–Kier alpha value is -9.07. The summed E-state index contributed by atoms with van der Waals surface area (Å²) in [6, 6.07) is 37.9. The third kappa shape index (κ3) is 45.4. The number of aliphatic hydroxyl groups is 1. The van der Waals surface area contributed by atoms with Gasteiger partial charge in [0.25, 0.3) is 0 Å². The number of benzene rings is 4. The van der Waals surface area contributed by atoms with Gasteiger partial charge in [0.1, 0.15) is 0 Å². The minimum Gasteiger partial charge on any atom is -0.396 e. The van der Waals surface area contributed by atoms with Gasteiger partial charge in [-0.2, -0.15) is 0 Å². The van der Waals surface area contributed by atoms with Crippen molar-refractivity contribution in [2.75, 3.05) is 151 Å². The fraction of sp³-hybridized carbons (Fsp3) is 0.643. The van der Waals surface area contributed by atoms with Crippen LogP contribution in [0.1, 0.15) is 244 Å². The zero-order chi connectivity index (χ0) is 89.6. The maximum atomic E-state index is 15.7. The van der Waals surface area contributed by atoms with Crippen LogP contribution in [-0.2, 0) is 78.4 Å². The number of hydrogen-bond donors (Lipinski definition) is 4. The molecule has 0 radical (unpaired) electrons. The fourth-order valence-electron chi connectivity index (χ4n) is 15.4. The molecule has 7 N–H and O–H groups in total. The quantitative estimate of drug-likeness (QED) is 0.0299. The van der Waals surface area contributed by atoms with Gasteiger partial charge in [-0.3, -0.25) is 52.7 Å². The minimum absolute atomic E-state index is 0.00389. The number of rotatable bonds is 71. The molecule has 11 amide bonds. The predicted octanol–water partition coefficient (Wildman–Crippen LogP) is 11.9. The van der Waals surface area contributed by atoms with Gasteiger partial charge in [-0.25, -0.2) is 0 Å². The van der Waals surface area contributed by atoms with Crippen molar-refractivity contribution in [1.82, 2.24) is 49.0 Å². The van der Waals surface area contributed by atoms with Gasteiger partial charge in [-0.05, 0) is 98.3 Å². The average molecular weight is 1710 g/mol.